The van der Waals surface area contributed by atoms with Gasteiger partial charge in [0.25, 0.3) is 0 Å². The molecule has 0 unspecified atom stereocenters. The minimum absolute atomic E-state index is 0.254. The van der Waals surface area contributed by atoms with E-state index in [1.165, 1.54) is 0 Å². The van der Waals surface area contributed by atoms with Gasteiger partial charge >= 0.3 is 0 Å². The first kappa shape index (κ1) is 20.6. The van der Waals surface area contributed by atoms with Crippen LogP contribution in [0.3, 0.4) is 0 Å². The van der Waals surface area contributed by atoms with Crippen molar-refractivity contribution >= 4 is 16.7 Å². The number of nitrogens with zero attached hydrogens (tertiary/aromatic N) is 3. The third kappa shape index (κ3) is 4.13. The molecular weight excluding hydrogens is 376 g/mol. The van der Waals surface area contributed by atoms with Crippen molar-refractivity contribution in [2.75, 3.05) is 31.6 Å². The number of hydrogen-bond donors (Lipinski definition) is 3. The van der Waals surface area contributed by atoms with E-state index in [0.717, 1.165) is 65.5 Å². The number of pyridine rings is 1. The van der Waals surface area contributed by atoms with Crippen LogP contribution in [0.25, 0.3) is 22.3 Å². The molecule has 1 saturated heterocycles. The summed E-state index contributed by atoms with van der Waals surface area (Å²) in [6.45, 7) is 12.0. The molecule has 0 spiro atoms. The first-order chi connectivity index (χ1) is 14.6. The Bertz CT molecular complexity index is 1010. The zero-order valence-electron chi connectivity index (χ0n) is 18.3. The molecule has 1 aliphatic rings. The van der Waals surface area contributed by atoms with Crippen molar-refractivity contribution in [2.45, 2.75) is 40.2 Å². The number of aryl methyl sites for hydroxylation is 1. The number of benzene rings is 1. The lowest BCUT2D eigenvalue weighted by molar-refractivity contribution is 0.318. The summed E-state index contributed by atoms with van der Waals surface area (Å²) in [5.74, 6) is 1.41. The second-order valence-corrected chi connectivity index (χ2v) is 8.23. The van der Waals surface area contributed by atoms with Gasteiger partial charge in [0.1, 0.15) is 16.8 Å². The van der Waals surface area contributed by atoms with Crippen LogP contribution in [0.4, 0.5) is 5.69 Å². The molecule has 3 heterocycles. The van der Waals surface area contributed by atoms with E-state index in [1.54, 1.807) is 0 Å². The SMILES string of the molecule is CCCOc1ccccc1-c1cc(NCC2CNNC2)c2c(n1)c(C)nn2C(C)C. The molecule has 7 nitrogen and oxygen atoms in total. The Labute approximate surface area is 178 Å². The molecular formula is C23H32N6O. The van der Waals surface area contributed by atoms with E-state index in [1.807, 2.05) is 25.1 Å². The molecule has 1 fully saturated rings. The van der Waals surface area contributed by atoms with Gasteiger partial charge in [0.2, 0.25) is 0 Å². The van der Waals surface area contributed by atoms with Crippen LogP contribution in [-0.2, 0) is 0 Å². The third-order valence-corrected chi connectivity index (χ3v) is 5.42. The van der Waals surface area contributed by atoms with E-state index in [4.69, 9.17) is 14.8 Å². The number of fused-ring (bicyclic) bond motifs is 1. The van der Waals surface area contributed by atoms with Gasteiger partial charge < -0.3 is 10.1 Å². The molecule has 1 aromatic carbocycles. The second kappa shape index (κ2) is 9.02. The summed E-state index contributed by atoms with van der Waals surface area (Å²) in [6.07, 6.45) is 0.970. The van der Waals surface area contributed by atoms with Gasteiger partial charge in [-0.15, -0.1) is 0 Å². The van der Waals surface area contributed by atoms with Crippen molar-refractivity contribution in [1.82, 2.24) is 25.6 Å². The molecule has 7 heteroatoms. The van der Waals surface area contributed by atoms with Crippen molar-refractivity contribution in [3.63, 3.8) is 0 Å². The normalized spacial score (nSPS) is 14.7. The molecule has 0 bridgehead atoms. The van der Waals surface area contributed by atoms with Crippen molar-refractivity contribution in [2.24, 2.45) is 5.92 Å². The van der Waals surface area contributed by atoms with Crippen LogP contribution in [0, 0.1) is 12.8 Å². The van der Waals surface area contributed by atoms with Gasteiger partial charge in [0.05, 0.1) is 23.7 Å². The lowest BCUT2D eigenvalue weighted by atomic mass is 10.1. The molecule has 3 aromatic rings. The van der Waals surface area contributed by atoms with E-state index >= 15 is 0 Å². The third-order valence-electron chi connectivity index (χ3n) is 5.42. The number of para-hydroxylation sites is 1. The fourth-order valence-corrected chi connectivity index (χ4v) is 3.85. The number of ether oxygens (including phenoxy) is 1. The molecule has 3 N–H and O–H groups in total. The van der Waals surface area contributed by atoms with E-state index in [9.17, 15) is 0 Å². The maximum Gasteiger partial charge on any atom is 0.128 e. The number of hydrogen-bond acceptors (Lipinski definition) is 6. The Morgan fingerprint density at radius 3 is 2.73 bits per heavy atom. The van der Waals surface area contributed by atoms with Crippen LogP contribution in [0.5, 0.6) is 5.75 Å². The fraction of sp³-hybridized carbons (Fsp3) is 0.478. The Morgan fingerprint density at radius 2 is 2.00 bits per heavy atom. The Hall–Kier alpha value is -2.64. The van der Waals surface area contributed by atoms with Gasteiger partial charge in [0.15, 0.2) is 0 Å². The van der Waals surface area contributed by atoms with Crippen LogP contribution in [0.1, 0.15) is 38.9 Å². The maximum absolute atomic E-state index is 6.01. The molecule has 0 amide bonds. The molecule has 0 atom stereocenters. The largest absolute Gasteiger partial charge is 0.493 e. The van der Waals surface area contributed by atoms with E-state index < -0.39 is 0 Å². The highest BCUT2D eigenvalue weighted by Crippen LogP contribution is 2.35. The molecule has 0 radical (unpaired) electrons. The topological polar surface area (TPSA) is 76.0 Å². The van der Waals surface area contributed by atoms with Crippen LogP contribution in [-0.4, -0.2) is 41.0 Å². The highest BCUT2D eigenvalue weighted by molar-refractivity contribution is 5.93. The van der Waals surface area contributed by atoms with Gasteiger partial charge in [-0.2, -0.15) is 5.10 Å². The highest BCUT2D eigenvalue weighted by atomic mass is 16.5. The minimum Gasteiger partial charge on any atom is -0.493 e. The molecule has 1 aliphatic heterocycles. The quantitative estimate of drug-likeness (QED) is 0.525. The average Bonchev–Trinajstić information content (AvgIpc) is 3.39. The van der Waals surface area contributed by atoms with E-state index in [0.29, 0.717) is 12.5 Å². The van der Waals surface area contributed by atoms with E-state index in [2.05, 4.69) is 53.8 Å². The van der Waals surface area contributed by atoms with Crippen LogP contribution >= 0.6 is 0 Å². The van der Waals surface area contributed by atoms with Crippen LogP contribution < -0.4 is 20.9 Å². The van der Waals surface area contributed by atoms with Crippen molar-refractivity contribution < 1.29 is 4.74 Å². The smallest absolute Gasteiger partial charge is 0.128 e. The van der Waals surface area contributed by atoms with Crippen LogP contribution in [0.2, 0.25) is 0 Å². The molecule has 4 rings (SSSR count). The first-order valence-corrected chi connectivity index (χ1v) is 10.9. The number of anilines is 1. The molecule has 0 aliphatic carbocycles. The summed E-state index contributed by atoms with van der Waals surface area (Å²) in [4.78, 5) is 5.03. The summed E-state index contributed by atoms with van der Waals surface area (Å²) in [5.41, 5.74) is 12.4. The maximum atomic E-state index is 6.01. The number of hydrazine groups is 1. The lowest BCUT2D eigenvalue weighted by Gasteiger charge is -2.17. The highest BCUT2D eigenvalue weighted by Gasteiger charge is 2.20. The Kier molecular flexibility index (Phi) is 6.20. The molecule has 30 heavy (non-hydrogen) atoms. The summed E-state index contributed by atoms with van der Waals surface area (Å²) >= 11 is 0. The molecule has 2 aromatic heterocycles. The van der Waals surface area contributed by atoms with Crippen LogP contribution in [0.15, 0.2) is 30.3 Å². The van der Waals surface area contributed by atoms with Crippen molar-refractivity contribution in [3.05, 3.63) is 36.0 Å². The Morgan fingerprint density at radius 1 is 1.23 bits per heavy atom. The number of nitrogens with one attached hydrogen (secondary N) is 3. The summed E-state index contributed by atoms with van der Waals surface area (Å²) in [7, 11) is 0. The molecule has 0 saturated carbocycles. The number of rotatable bonds is 8. The van der Waals surface area contributed by atoms with Gasteiger partial charge in [-0.1, -0.05) is 19.1 Å². The standard InChI is InChI=1S/C23H32N6O/c1-5-10-30-21-9-7-6-8-18(21)19-11-20(24-12-17-13-25-26-14-17)23-22(27-19)16(4)28-29(23)15(2)3/h6-9,11,15,17,25-26H,5,10,12-14H2,1-4H3,(H,24,27). The minimum atomic E-state index is 0.254. The van der Waals surface area contributed by atoms with Crippen molar-refractivity contribution in [1.29, 1.82) is 0 Å². The summed E-state index contributed by atoms with van der Waals surface area (Å²) in [5, 5.41) is 8.48. The van der Waals surface area contributed by atoms with Gasteiger partial charge in [-0.05, 0) is 45.4 Å². The average molecular weight is 409 g/mol. The molecule has 160 valence electrons. The van der Waals surface area contributed by atoms with Crippen molar-refractivity contribution in [3.8, 4) is 17.0 Å². The van der Waals surface area contributed by atoms with Gasteiger partial charge in [-0.25, -0.2) is 4.98 Å². The van der Waals surface area contributed by atoms with Gasteiger partial charge in [0, 0.05) is 37.2 Å². The lowest BCUT2D eigenvalue weighted by Crippen LogP contribution is -2.21. The predicted molar refractivity (Wildman–Crippen MR) is 122 cm³/mol. The fourth-order valence-electron chi connectivity index (χ4n) is 3.85. The monoisotopic (exact) mass is 408 g/mol. The predicted octanol–water partition coefficient (Wildman–Crippen LogP) is 3.91. The second-order valence-electron chi connectivity index (χ2n) is 8.23. The zero-order valence-corrected chi connectivity index (χ0v) is 18.3. The first-order valence-electron chi connectivity index (χ1n) is 10.9. The zero-order chi connectivity index (χ0) is 21.1. The van der Waals surface area contributed by atoms with Gasteiger partial charge in [-0.3, -0.25) is 15.5 Å². The summed E-state index contributed by atoms with van der Waals surface area (Å²) in [6, 6.07) is 10.5. The van der Waals surface area contributed by atoms with E-state index in [-0.39, 0.29) is 6.04 Å². The Balaban J connectivity index is 1.81. The number of aromatic nitrogens is 3. The summed E-state index contributed by atoms with van der Waals surface area (Å²) < 4.78 is 8.09.